The summed E-state index contributed by atoms with van der Waals surface area (Å²) in [4.78, 5) is 0. The van der Waals surface area contributed by atoms with Gasteiger partial charge in [-0.15, -0.1) is 0 Å². The van der Waals surface area contributed by atoms with Crippen LogP contribution in [0.5, 0.6) is 0 Å². The molecule has 0 N–H and O–H groups in total. The van der Waals surface area contributed by atoms with Gasteiger partial charge in [-0.1, -0.05) is 115 Å². The Morgan fingerprint density at radius 2 is 1.08 bits per heavy atom. The second-order valence-corrected chi connectivity index (χ2v) is 8.90. The van der Waals surface area contributed by atoms with Crippen LogP contribution in [-0.2, 0) is 12.8 Å². The number of aryl methyl sites for hydroxylation is 2. The molecular weight excluding hydrogens is 312 g/mol. The molecule has 0 amide bonds. The molecular formula is C26H44. The van der Waals surface area contributed by atoms with Crippen molar-refractivity contribution in [2.75, 3.05) is 0 Å². The highest BCUT2D eigenvalue weighted by Crippen LogP contribution is 2.34. The van der Waals surface area contributed by atoms with Gasteiger partial charge in [0.05, 0.1) is 0 Å². The van der Waals surface area contributed by atoms with Crippen molar-refractivity contribution in [3.8, 4) is 0 Å². The van der Waals surface area contributed by atoms with E-state index in [1.807, 2.05) is 0 Å². The fourth-order valence-corrected chi connectivity index (χ4v) is 4.67. The van der Waals surface area contributed by atoms with Gasteiger partial charge in [-0.25, -0.2) is 0 Å². The lowest BCUT2D eigenvalue weighted by Crippen LogP contribution is -2.15. The molecule has 0 heteroatoms. The minimum absolute atomic E-state index is 0.996. The van der Waals surface area contributed by atoms with Crippen molar-refractivity contribution >= 4 is 0 Å². The molecule has 26 heavy (non-hydrogen) atoms. The van der Waals surface area contributed by atoms with Gasteiger partial charge in [-0.05, 0) is 48.6 Å². The Labute approximate surface area is 164 Å². The highest BCUT2D eigenvalue weighted by molar-refractivity contribution is 5.22. The van der Waals surface area contributed by atoms with Crippen LogP contribution in [0.2, 0.25) is 0 Å². The van der Waals surface area contributed by atoms with Gasteiger partial charge < -0.3 is 0 Å². The van der Waals surface area contributed by atoms with E-state index in [1.165, 1.54) is 108 Å². The van der Waals surface area contributed by atoms with Gasteiger partial charge in [-0.2, -0.15) is 0 Å². The van der Waals surface area contributed by atoms with E-state index >= 15 is 0 Å². The standard InChI is InChI=1S/C26H44/c1-3-5-7-8-10-12-24-15-19-26(20-16-24)22-21-25-17-13-23(14-18-25)11-9-6-4-2/h13-14,17-18,24,26H,3-12,15-16,19-22H2,1-2H3/t24-,26-. The maximum absolute atomic E-state index is 2.39. The summed E-state index contributed by atoms with van der Waals surface area (Å²) >= 11 is 0. The largest absolute Gasteiger partial charge is 0.0654 e. The van der Waals surface area contributed by atoms with Crippen molar-refractivity contribution < 1.29 is 0 Å². The molecule has 0 bridgehead atoms. The minimum atomic E-state index is 0.996. The molecule has 0 heterocycles. The van der Waals surface area contributed by atoms with Gasteiger partial charge in [0.15, 0.2) is 0 Å². The summed E-state index contributed by atoms with van der Waals surface area (Å²) in [6.45, 7) is 4.59. The number of hydrogen-bond donors (Lipinski definition) is 0. The highest BCUT2D eigenvalue weighted by atomic mass is 14.3. The number of benzene rings is 1. The maximum atomic E-state index is 2.39. The van der Waals surface area contributed by atoms with E-state index in [4.69, 9.17) is 0 Å². The molecule has 0 aliphatic heterocycles. The quantitative estimate of drug-likeness (QED) is 0.311. The third-order valence-corrected chi connectivity index (χ3v) is 6.62. The summed E-state index contributed by atoms with van der Waals surface area (Å²) in [5.41, 5.74) is 3.09. The second kappa shape index (κ2) is 13.4. The molecule has 1 aliphatic rings. The first-order chi connectivity index (χ1) is 12.8. The Balaban J connectivity index is 1.56. The van der Waals surface area contributed by atoms with Crippen molar-refractivity contribution in [2.45, 2.75) is 117 Å². The summed E-state index contributed by atoms with van der Waals surface area (Å²) in [6, 6.07) is 9.54. The van der Waals surface area contributed by atoms with Crippen molar-refractivity contribution in [3.63, 3.8) is 0 Å². The molecule has 0 atom stereocenters. The molecule has 2 rings (SSSR count). The molecule has 148 valence electrons. The Morgan fingerprint density at radius 1 is 0.577 bits per heavy atom. The van der Waals surface area contributed by atoms with E-state index in [0.29, 0.717) is 0 Å². The van der Waals surface area contributed by atoms with Crippen LogP contribution < -0.4 is 0 Å². The molecule has 0 radical (unpaired) electrons. The molecule has 0 saturated heterocycles. The van der Waals surface area contributed by atoms with Crippen LogP contribution in [0.1, 0.15) is 115 Å². The molecule has 1 saturated carbocycles. The molecule has 1 aromatic carbocycles. The zero-order chi connectivity index (χ0) is 18.5. The highest BCUT2D eigenvalue weighted by Gasteiger charge is 2.20. The van der Waals surface area contributed by atoms with Crippen molar-refractivity contribution in [1.82, 2.24) is 0 Å². The lowest BCUT2D eigenvalue weighted by Gasteiger charge is -2.28. The van der Waals surface area contributed by atoms with Crippen molar-refractivity contribution in [1.29, 1.82) is 0 Å². The third-order valence-electron chi connectivity index (χ3n) is 6.62. The number of rotatable bonds is 13. The molecule has 0 spiro atoms. The predicted octanol–water partition coefficient (Wildman–Crippen LogP) is 8.52. The van der Waals surface area contributed by atoms with Crippen LogP contribution in [0.4, 0.5) is 0 Å². The second-order valence-electron chi connectivity index (χ2n) is 8.90. The van der Waals surface area contributed by atoms with E-state index in [-0.39, 0.29) is 0 Å². The van der Waals surface area contributed by atoms with Crippen LogP contribution in [0.3, 0.4) is 0 Å². The third kappa shape index (κ3) is 8.74. The summed E-state index contributed by atoms with van der Waals surface area (Å²) < 4.78 is 0. The van der Waals surface area contributed by atoms with Gasteiger partial charge >= 0.3 is 0 Å². The first-order valence-electron chi connectivity index (χ1n) is 11.9. The molecule has 0 unspecified atom stereocenters. The molecule has 1 fully saturated rings. The average Bonchev–Trinajstić information content (AvgIpc) is 2.68. The van der Waals surface area contributed by atoms with E-state index in [2.05, 4.69) is 38.1 Å². The van der Waals surface area contributed by atoms with Gasteiger partial charge in [0.1, 0.15) is 0 Å². The monoisotopic (exact) mass is 356 g/mol. The minimum Gasteiger partial charge on any atom is -0.0654 e. The van der Waals surface area contributed by atoms with Gasteiger partial charge in [0.25, 0.3) is 0 Å². The first-order valence-corrected chi connectivity index (χ1v) is 11.9. The normalized spacial score (nSPS) is 20.4. The number of hydrogen-bond acceptors (Lipinski definition) is 0. The van der Waals surface area contributed by atoms with Crippen molar-refractivity contribution in [3.05, 3.63) is 35.4 Å². The zero-order valence-electron chi connectivity index (χ0n) is 17.8. The van der Waals surface area contributed by atoms with Gasteiger partial charge in [-0.3, -0.25) is 0 Å². The van der Waals surface area contributed by atoms with Crippen LogP contribution in [-0.4, -0.2) is 0 Å². The van der Waals surface area contributed by atoms with Crippen LogP contribution >= 0.6 is 0 Å². The molecule has 0 aromatic heterocycles. The Bertz CT molecular complexity index is 436. The van der Waals surface area contributed by atoms with E-state index in [0.717, 1.165) is 11.8 Å². The van der Waals surface area contributed by atoms with Crippen LogP contribution in [0.15, 0.2) is 24.3 Å². The lowest BCUT2D eigenvalue weighted by atomic mass is 9.77. The SMILES string of the molecule is CCCCCCC[C@H]1CC[C@H](CCc2ccc(CCCCC)cc2)CC1. The Morgan fingerprint density at radius 3 is 1.69 bits per heavy atom. The van der Waals surface area contributed by atoms with Gasteiger partial charge in [0, 0.05) is 0 Å². The molecule has 1 aliphatic carbocycles. The van der Waals surface area contributed by atoms with E-state index in [9.17, 15) is 0 Å². The van der Waals surface area contributed by atoms with E-state index < -0.39 is 0 Å². The van der Waals surface area contributed by atoms with Crippen LogP contribution in [0.25, 0.3) is 0 Å². The smallest absolute Gasteiger partial charge is 0.0276 e. The maximum Gasteiger partial charge on any atom is -0.0276 e. The fraction of sp³-hybridized carbons (Fsp3) is 0.769. The summed E-state index contributed by atoms with van der Waals surface area (Å²) in [6.07, 6.45) is 22.7. The van der Waals surface area contributed by atoms with E-state index in [1.54, 1.807) is 5.56 Å². The lowest BCUT2D eigenvalue weighted by molar-refractivity contribution is 0.248. The first kappa shape index (κ1) is 21.5. The summed E-state index contributed by atoms with van der Waals surface area (Å²) in [5.74, 6) is 2.05. The topological polar surface area (TPSA) is 0 Å². The van der Waals surface area contributed by atoms with Crippen LogP contribution in [0, 0.1) is 11.8 Å². The van der Waals surface area contributed by atoms with Crippen molar-refractivity contribution in [2.24, 2.45) is 11.8 Å². The summed E-state index contributed by atoms with van der Waals surface area (Å²) in [7, 11) is 0. The number of unbranched alkanes of at least 4 members (excludes halogenated alkanes) is 6. The van der Waals surface area contributed by atoms with Gasteiger partial charge in [0.2, 0.25) is 0 Å². The Kier molecular flexibility index (Phi) is 11.1. The summed E-state index contributed by atoms with van der Waals surface area (Å²) in [5, 5.41) is 0. The fourth-order valence-electron chi connectivity index (χ4n) is 4.67. The molecule has 1 aromatic rings. The zero-order valence-corrected chi connectivity index (χ0v) is 17.8. The predicted molar refractivity (Wildman–Crippen MR) is 117 cm³/mol. The Hall–Kier alpha value is -0.780. The average molecular weight is 357 g/mol. The molecule has 0 nitrogen and oxygen atoms in total.